The Balaban J connectivity index is 1.25. The molecule has 2 aliphatic heterocycles. The molecule has 1 fully saturated rings. The number of anilines is 1. The van der Waals surface area contributed by atoms with Crippen molar-refractivity contribution in [2.24, 2.45) is 5.92 Å². The van der Waals surface area contributed by atoms with E-state index in [-0.39, 0.29) is 5.92 Å². The van der Waals surface area contributed by atoms with Gasteiger partial charge in [0.2, 0.25) is 5.91 Å². The van der Waals surface area contributed by atoms with E-state index in [0.29, 0.717) is 5.91 Å². The van der Waals surface area contributed by atoms with Crippen LogP contribution in [0.3, 0.4) is 0 Å². The Kier molecular flexibility index (Phi) is 3.31. The van der Waals surface area contributed by atoms with Crippen LogP contribution in [0.2, 0.25) is 0 Å². The number of carbonyl (C=O) groups is 1. The maximum absolute atomic E-state index is 12.7. The van der Waals surface area contributed by atoms with Gasteiger partial charge in [0.25, 0.3) is 0 Å². The van der Waals surface area contributed by atoms with Crippen LogP contribution in [0.4, 0.5) is 5.13 Å². The fourth-order valence-electron chi connectivity index (χ4n) is 3.39. The highest BCUT2D eigenvalue weighted by atomic mass is 32.1. The molecule has 0 atom stereocenters. The number of pyridine rings is 1. The molecular formula is C17H16N4OS2. The maximum Gasteiger partial charge on any atom is 0.229 e. The first-order chi connectivity index (χ1) is 11.8. The lowest BCUT2D eigenvalue weighted by atomic mass is 9.97. The van der Waals surface area contributed by atoms with Crippen LogP contribution in [0.1, 0.15) is 10.4 Å². The SMILES string of the molecule is O=C(C1CN(c2nc3cnccc3s2)C1)N1CCc2sccc2C1. The number of carbonyl (C=O) groups excluding carboxylic acids is 1. The van der Waals surface area contributed by atoms with Crippen LogP contribution >= 0.6 is 22.7 Å². The molecule has 122 valence electrons. The minimum Gasteiger partial charge on any atom is -0.346 e. The standard InChI is InChI=1S/C17H16N4OS2/c22-16(20-5-2-14-11(8-20)3-6-23-14)12-9-21(10-12)17-19-13-7-18-4-1-15(13)24-17/h1,3-4,6-7,12H,2,5,8-10H2. The first-order valence-corrected chi connectivity index (χ1v) is 9.77. The van der Waals surface area contributed by atoms with Crippen molar-refractivity contribution >= 4 is 43.9 Å². The van der Waals surface area contributed by atoms with Crippen molar-refractivity contribution in [1.82, 2.24) is 14.9 Å². The number of thiophene rings is 1. The number of thiazole rings is 1. The molecule has 0 bridgehead atoms. The molecule has 24 heavy (non-hydrogen) atoms. The third-order valence-electron chi connectivity index (χ3n) is 4.80. The molecule has 0 aromatic carbocycles. The number of hydrogen-bond donors (Lipinski definition) is 0. The second kappa shape index (κ2) is 5.53. The Labute approximate surface area is 147 Å². The number of amides is 1. The Morgan fingerprint density at radius 1 is 1.29 bits per heavy atom. The maximum atomic E-state index is 12.7. The summed E-state index contributed by atoms with van der Waals surface area (Å²) in [5.41, 5.74) is 2.27. The summed E-state index contributed by atoms with van der Waals surface area (Å²) in [5.74, 6) is 0.404. The number of aromatic nitrogens is 2. The lowest BCUT2D eigenvalue weighted by Crippen LogP contribution is -2.55. The van der Waals surface area contributed by atoms with Gasteiger partial charge in [-0.05, 0) is 29.5 Å². The first-order valence-electron chi connectivity index (χ1n) is 8.07. The average molecular weight is 356 g/mol. The third-order valence-corrected chi connectivity index (χ3v) is 6.92. The smallest absolute Gasteiger partial charge is 0.229 e. The van der Waals surface area contributed by atoms with Crippen molar-refractivity contribution in [3.8, 4) is 0 Å². The van der Waals surface area contributed by atoms with Crippen molar-refractivity contribution in [2.75, 3.05) is 24.5 Å². The fourth-order valence-corrected chi connectivity index (χ4v) is 5.23. The number of fused-ring (bicyclic) bond motifs is 2. The Morgan fingerprint density at radius 3 is 3.08 bits per heavy atom. The van der Waals surface area contributed by atoms with Gasteiger partial charge in [-0.15, -0.1) is 11.3 Å². The zero-order chi connectivity index (χ0) is 16.1. The molecule has 0 N–H and O–H groups in total. The Bertz CT molecular complexity index is 879. The predicted octanol–water partition coefficient (Wildman–Crippen LogP) is 2.77. The second-order valence-electron chi connectivity index (χ2n) is 6.32. The molecule has 3 aromatic heterocycles. The van der Waals surface area contributed by atoms with Crippen LogP contribution in [0.5, 0.6) is 0 Å². The van der Waals surface area contributed by atoms with Crippen LogP contribution in [0.25, 0.3) is 10.2 Å². The Morgan fingerprint density at radius 2 is 2.21 bits per heavy atom. The van der Waals surface area contributed by atoms with E-state index in [1.807, 2.05) is 22.3 Å². The van der Waals surface area contributed by atoms with E-state index in [1.165, 1.54) is 10.4 Å². The zero-order valence-corrected chi connectivity index (χ0v) is 14.6. The molecule has 1 amide bonds. The highest BCUT2D eigenvalue weighted by Gasteiger charge is 2.37. The molecule has 5 nitrogen and oxygen atoms in total. The van der Waals surface area contributed by atoms with Gasteiger partial charge >= 0.3 is 0 Å². The van der Waals surface area contributed by atoms with Crippen LogP contribution < -0.4 is 4.90 Å². The molecule has 7 heteroatoms. The molecule has 0 unspecified atom stereocenters. The minimum absolute atomic E-state index is 0.107. The van der Waals surface area contributed by atoms with Gasteiger partial charge in [0.1, 0.15) is 5.52 Å². The van der Waals surface area contributed by atoms with Crippen LogP contribution in [0, 0.1) is 5.92 Å². The summed E-state index contributed by atoms with van der Waals surface area (Å²) in [5, 5.41) is 3.13. The molecule has 3 aromatic rings. The van der Waals surface area contributed by atoms with Crippen LogP contribution in [-0.2, 0) is 17.8 Å². The van der Waals surface area contributed by atoms with Crippen molar-refractivity contribution in [1.29, 1.82) is 0 Å². The van der Waals surface area contributed by atoms with E-state index < -0.39 is 0 Å². The van der Waals surface area contributed by atoms with Crippen molar-refractivity contribution < 1.29 is 4.79 Å². The summed E-state index contributed by atoms with van der Waals surface area (Å²) in [6.45, 7) is 3.19. The van der Waals surface area contributed by atoms with E-state index in [4.69, 9.17) is 0 Å². The van der Waals surface area contributed by atoms with E-state index in [1.54, 1.807) is 23.7 Å². The van der Waals surface area contributed by atoms with Gasteiger partial charge < -0.3 is 9.80 Å². The third kappa shape index (κ3) is 2.31. The predicted molar refractivity (Wildman–Crippen MR) is 96.6 cm³/mol. The zero-order valence-electron chi connectivity index (χ0n) is 13.0. The summed E-state index contributed by atoms with van der Waals surface area (Å²) in [7, 11) is 0. The molecule has 5 rings (SSSR count). The van der Waals surface area contributed by atoms with Crippen LogP contribution in [-0.4, -0.2) is 40.4 Å². The summed E-state index contributed by atoms with van der Waals surface area (Å²) in [6, 6.07) is 4.15. The van der Waals surface area contributed by atoms with E-state index in [0.717, 1.165) is 47.9 Å². The largest absolute Gasteiger partial charge is 0.346 e. The molecule has 2 aliphatic rings. The molecule has 1 saturated heterocycles. The molecule has 0 spiro atoms. The van der Waals surface area contributed by atoms with Crippen molar-refractivity contribution in [2.45, 2.75) is 13.0 Å². The number of hydrogen-bond acceptors (Lipinski definition) is 6. The monoisotopic (exact) mass is 356 g/mol. The molecule has 5 heterocycles. The number of nitrogens with zero attached hydrogens (tertiary/aromatic N) is 4. The summed E-state index contributed by atoms with van der Waals surface area (Å²) < 4.78 is 1.15. The fraction of sp³-hybridized carbons (Fsp3) is 0.353. The highest BCUT2D eigenvalue weighted by Crippen LogP contribution is 2.33. The first kappa shape index (κ1) is 14.4. The lowest BCUT2D eigenvalue weighted by Gasteiger charge is -2.41. The van der Waals surface area contributed by atoms with Gasteiger partial charge in [-0.1, -0.05) is 11.3 Å². The molecule has 0 aliphatic carbocycles. The van der Waals surface area contributed by atoms with Gasteiger partial charge in [0.05, 0.1) is 16.8 Å². The lowest BCUT2D eigenvalue weighted by molar-refractivity contribution is -0.137. The minimum atomic E-state index is 0.107. The van der Waals surface area contributed by atoms with E-state index in [2.05, 4.69) is 26.3 Å². The normalized spacial score (nSPS) is 17.8. The van der Waals surface area contributed by atoms with Crippen molar-refractivity contribution in [3.63, 3.8) is 0 Å². The summed E-state index contributed by atoms with van der Waals surface area (Å²) >= 11 is 3.48. The van der Waals surface area contributed by atoms with Crippen LogP contribution in [0.15, 0.2) is 29.9 Å². The van der Waals surface area contributed by atoms with Gasteiger partial charge in [0.15, 0.2) is 5.13 Å². The molecule has 0 saturated carbocycles. The highest BCUT2D eigenvalue weighted by molar-refractivity contribution is 7.22. The summed E-state index contributed by atoms with van der Waals surface area (Å²) in [4.78, 5) is 27.1. The topological polar surface area (TPSA) is 49.3 Å². The second-order valence-corrected chi connectivity index (χ2v) is 8.33. The quantitative estimate of drug-likeness (QED) is 0.708. The Hall–Kier alpha value is -1.99. The van der Waals surface area contributed by atoms with Gasteiger partial charge in [0, 0.05) is 37.3 Å². The average Bonchev–Trinajstić information content (AvgIpc) is 3.18. The van der Waals surface area contributed by atoms with Gasteiger partial charge in [-0.25, -0.2) is 4.98 Å². The number of rotatable bonds is 2. The molecular weight excluding hydrogens is 340 g/mol. The van der Waals surface area contributed by atoms with Gasteiger partial charge in [-0.2, -0.15) is 0 Å². The van der Waals surface area contributed by atoms with E-state index in [9.17, 15) is 4.79 Å². The van der Waals surface area contributed by atoms with E-state index >= 15 is 0 Å². The van der Waals surface area contributed by atoms with Crippen molar-refractivity contribution in [3.05, 3.63) is 40.3 Å². The summed E-state index contributed by atoms with van der Waals surface area (Å²) in [6.07, 6.45) is 4.59. The van der Waals surface area contributed by atoms with Gasteiger partial charge in [-0.3, -0.25) is 9.78 Å². The molecule has 0 radical (unpaired) electrons.